The molecule has 2 amide bonds. The van der Waals surface area contributed by atoms with Gasteiger partial charge in [0.1, 0.15) is 0 Å². The number of halogens is 1. The molecule has 1 aliphatic carbocycles. The third-order valence-electron chi connectivity index (χ3n) is 6.07. The first-order valence-corrected chi connectivity index (χ1v) is 12.1. The van der Waals surface area contributed by atoms with Crippen LogP contribution in [0.15, 0.2) is 65.6 Å². The SMILES string of the molecule is O=C(N[C@H]1CN(C2CC2)C[C@H]1NC(=O)c1ccc(Cl)s1)c1ccc(-n2ccccc2=O)cc1. The van der Waals surface area contributed by atoms with Gasteiger partial charge in [0.2, 0.25) is 0 Å². The number of aromatic nitrogens is 1. The van der Waals surface area contributed by atoms with E-state index in [1.807, 2.05) is 0 Å². The zero-order valence-electron chi connectivity index (χ0n) is 17.7. The van der Waals surface area contributed by atoms with Crippen molar-refractivity contribution in [3.8, 4) is 5.69 Å². The second kappa shape index (κ2) is 9.13. The van der Waals surface area contributed by atoms with Crippen molar-refractivity contribution in [2.75, 3.05) is 13.1 Å². The molecule has 3 aromatic rings. The molecule has 2 N–H and O–H groups in total. The lowest BCUT2D eigenvalue weighted by molar-refractivity contribution is 0.0898. The van der Waals surface area contributed by atoms with Crippen LogP contribution < -0.4 is 16.2 Å². The number of rotatable bonds is 6. The van der Waals surface area contributed by atoms with Crippen LogP contribution >= 0.6 is 22.9 Å². The van der Waals surface area contributed by atoms with Crippen molar-refractivity contribution in [3.63, 3.8) is 0 Å². The number of carbonyl (C=O) groups is 2. The van der Waals surface area contributed by atoms with Crippen molar-refractivity contribution in [3.05, 3.63) is 85.9 Å². The Labute approximate surface area is 200 Å². The molecule has 0 bridgehead atoms. The predicted molar refractivity (Wildman–Crippen MR) is 128 cm³/mol. The maximum atomic E-state index is 13.0. The van der Waals surface area contributed by atoms with Gasteiger partial charge in [-0.05, 0) is 55.3 Å². The smallest absolute Gasteiger partial charge is 0.261 e. The Morgan fingerprint density at radius 3 is 2.21 bits per heavy atom. The summed E-state index contributed by atoms with van der Waals surface area (Å²) in [6.07, 6.45) is 4.00. The van der Waals surface area contributed by atoms with Gasteiger partial charge in [-0.25, -0.2) is 0 Å². The summed E-state index contributed by atoms with van der Waals surface area (Å²) < 4.78 is 2.09. The van der Waals surface area contributed by atoms with Gasteiger partial charge in [0.25, 0.3) is 17.4 Å². The van der Waals surface area contributed by atoms with E-state index >= 15 is 0 Å². The fourth-order valence-corrected chi connectivity index (χ4v) is 5.15. The van der Waals surface area contributed by atoms with Crippen LogP contribution in [0.2, 0.25) is 4.34 Å². The molecular weight excluding hydrogens is 460 g/mol. The summed E-state index contributed by atoms with van der Waals surface area (Å²) in [5, 5.41) is 6.19. The summed E-state index contributed by atoms with van der Waals surface area (Å²) in [4.78, 5) is 40.6. The van der Waals surface area contributed by atoms with Crippen LogP contribution in [0.5, 0.6) is 0 Å². The second-order valence-corrected chi connectivity index (χ2v) is 10.1. The van der Waals surface area contributed by atoms with Crippen LogP contribution in [-0.2, 0) is 0 Å². The third kappa shape index (κ3) is 4.88. The number of pyridine rings is 1. The molecule has 1 saturated heterocycles. The number of hydrogen-bond acceptors (Lipinski definition) is 5. The largest absolute Gasteiger partial charge is 0.346 e. The molecule has 2 aliphatic rings. The molecule has 0 radical (unpaired) electrons. The summed E-state index contributed by atoms with van der Waals surface area (Å²) in [6, 6.07) is 15.4. The molecule has 3 heterocycles. The highest BCUT2D eigenvalue weighted by Crippen LogP contribution is 2.30. The fourth-order valence-electron chi connectivity index (χ4n) is 4.21. The molecule has 0 unspecified atom stereocenters. The Kier molecular flexibility index (Phi) is 6.05. The number of carbonyl (C=O) groups excluding carboxylic acids is 2. The Balaban J connectivity index is 1.28. The molecule has 7 nitrogen and oxygen atoms in total. The topological polar surface area (TPSA) is 83.4 Å². The molecule has 2 atom stereocenters. The van der Waals surface area contributed by atoms with Gasteiger partial charge in [-0.3, -0.25) is 23.9 Å². The first kappa shape index (κ1) is 21.9. The van der Waals surface area contributed by atoms with Gasteiger partial charge in [-0.1, -0.05) is 17.7 Å². The van der Waals surface area contributed by atoms with Crippen molar-refractivity contribution in [2.45, 2.75) is 31.0 Å². The van der Waals surface area contributed by atoms with Crippen molar-refractivity contribution in [1.82, 2.24) is 20.1 Å². The van der Waals surface area contributed by atoms with E-state index in [0.717, 1.165) is 12.8 Å². The number of thiophene rings is 1. The maximum absolute atomic E-state index is 13.0. The minimum Gasteiger partial charge on any atom is -0.346 e. The minimum absolute atomic E-state index is 0.133. The summed E-state index contributed by atoms with van der Waals surface area (Å²) >= 11 is 7.21. The van der Waals surface area contributed by atoms with E-state index in [2.05, 4.69) is 15.5 Å². The van der Waals surface area contributed by atoms with Crippen LogP contribution in [0.4, 0.5) is 0 Å². The van der Waals surface area contributed by atoms with E-state index in [0.29, 0.717) is 39.6 Å². The van der Waals surface area contributed by atoms with E-state index in [9.17, 15) is 14.4 Å². The van der Waals surface area contributed by atoms with E-state index in [1.54, 1.807) is 54.7 Å². The Morgan fingerprint density at radius 1 is 0.909 bits per heavy atom. The van der Waals surface area contributed by atoms with E-state index in [4.69, 9.17) is 11.6 Å². The predicted octanol–water partition coefficient (Wildman–Crippen LogP) is 2.93. The van der Waals surface area contributed by atoms with Gasteiger partial charge >= 0.3 is 0 Å². The van der Waals surface area contributed by atoms with Gasteiger partial charge in [0.15, 0.2) is 0 Å². The lowest BCUT2D eigenvalue weighted by Crippen LogP contribution is -2.50. The van der Waals surface area contributed by atoms with Crippen LogP contribution in [0.1, 0.15) is 32.9 Å². The fraction of sp³-hybridized carbons (Fsp3) is 0.292. The Bertz CT molecular complexity index is 1230. The maximum Gasteiger partial charge on any atom is 0.261 e. The van der Waals surface area contributed by atoms with Gasteiger partial charge in [0, 0.05) is 42.6 Å². The first-order valence-electron chi connectivity index (χ1n) is 10.9. The normalized spacial score (nSPS) is 20.5. The number of nitrogens with one attached hydrogen (secondary N) is 2. The van der Waals surface area contributed by atoms with Crippen LogP contribution in [0.3, 0.4) is 0 Å². The molecule has 5 rings (SSSR count). The molecule has 1 aromatic carbocycles. The van der Waals surface area contributed by atoms with E-state index in [-0.39, 0.29) is 29.5 Å². The summed E-state index contributed by atoms with van der Waals surface area (Å²) in [6.45, 7) is 1.40. The molecular formula is C24H23ClN4O3S. The highest BCUT2D eigenvalue weighted by atomic mass is 35.5. The number of likely N-dealkylation sites (tertiary alicyclic amines) is 1. The van der Waals surface area contributed by atoms with Crippen molar-refractivity contribution < 1.29 is 9.59 Å². The summed E-state index contributed by atoms with van der Waals surface area (Å²) in [7, 11) is 0. The molecule has 1 aliphatic heterocycles. The average Bonchev–Trinajstić information content (AvgIpc) is 3.46. The monoisotopic (exact) mass is 482 g/mol. The average molecular weight is 483 g/mol. The lowest BCUT2D eigenvalue weighted by Gasteiger charge is -2.21. The minimum atomic E-state index is -0.206. The van der Waals surface area contributed by atoms with Crippen molar-refractivity contribution in [1.29, 1.82) is 0 Å². The van der Waals surface area contributed by atoms with Crippen molar-refractivity contribution in [2.24, 2.45) is 0 Å². The molecule has 170 valence electrons. The zero-order valence-corrected chi connectivity index (χ0v) is 19.3. The lowest BCUT2D eigenvalue weighted by atomic mass is 10.1. The van der Waals surface area contributed by atoms with E-state index < -0.39 is 0 Å². The van der Waals surface area contributed by atoms with E-state index in [1.165, 1.54) is 22.0 Å². The molecule has 33 heavy (non-hydrogen) atoms. The summed E-state index contributed by atoms with van der Waals surface area (Å²) in [5.74, 6) is -0.380. The standard InChI is InChI=1S/C24H23ClN4O3S/c25-21-11-10-20(33-21)24(32)27-19-14-28(16-8-9-16)13-18(19)26-23(31)15-4-6-17(7-5-15)29-12-2-1-3-22(29)30/h1-7,10-12,16,18-19H,8-9,13-14H2,(H,26,31)(H,27,32)/t18-,19+/m0/s1. The van der Waals surface area contributed by atoms with Gasteiger partial charge in [-0.15, -0.1) is 11.3 Å². The quantitative estimate of drug-likeness (QED) is 0.566. The van der Waals surface area contributed by atoms with Crippen LogP contribution in [-0.4, -0.2) is 52.5 Å². The van der Waals surface area contributed by atoms with Gasteiger partial charge in [-0.2, -0.15) is 0 Å². The third-order valence-corrected chi connectivity index (χ3v) is 7.30. The molecule has 2 fully saturated rings. The van der Waals surface area contributed by atoms with Gasteiger partial charge in [0.05, 0.1) is 21.3 Å². The number of hydrogen-bond donors (Lipinski definition) is 2. The van der Waals surface area contributed by atoms with Crippen molar-refractivity contribution >= 4 is 34.8 Å². The molecule has 0 spiro atoms. The summed E-state index contributed by atoms with van der Waals surface area (Å²) in [5.41, 5.74) is 1.06. The number of amides is 2. The molecule has 1 saturated carbocycles. The number of nitrogens with zero attached hydrogens (tertiary/aromatic N) is 2. The highest BCUT2D eigenvalue weighted by molar-refractivity contribution is 7.18. The molecule has 9 heteroatoms. The second-order valence-electron chi connectivity index (χ2n) is 8.40. The first-order chi connectivity index (χ1) is 16.0. The Morgan fingerprint density at radius 2 is 1.61 bits per heavy atom. The van der Waals surface area contributed by atoms with Crippen LogP contribution in [0, 0.1) is 0 Å². The molecule has 2 aromatic heterocycles. The van der Waals surface area contributed by atoms with Gasteiger partial charge < -0.3 is 10.6 Å². The van der Waals surface area contributed by atoms with Crippen LogP contribution in [0.25, 0.3) is 5.69 Å². The highest BCUT2D eigenvalue weighted by Gasteiger charge is 2.41. The zero-order chi connectivity index (χ0) is 22.9. The number of benzene rings is 1. The Hall–Kier alpha value is -2.94.